The van der Waals surface area contributed by atoms with E-state index in [2.05, 4.69) is 5.32 Å². The van der Waals surface area contributed by atoms with Gasteiger partial charge in [-0.2, -0.15) is 0 Å². The van der Waals surface area contributed by atoms with Crippen LogP contribution < -0.4 is 5.32 Å². The number of halogens is 1. The molecule has 1 N–H and O–H groups in total. The van der Waals surface area contributed by atoms with Crippen molar-refractivity contribution in [2.45, 2.75) is 18.7 Å². The van der Waals surface area contributed by atoms with Crippen molar-refractivity contribution in [1.82, 2.24) is 4.31 Å². The molecule has 2 aromatic carbocycles. The van der Waals surface area contributed by atoms with Crippen molar-refractivity contribution in [1.29, 1.82) is 0 Å². The topological polar surface area (TPSA) is 66.5 Å². The van der Waals surface area contributed by atoms with Gasteiger partial charge in [0.15, 0.2) is 0 Å². The molecular weight excluding hydrogens is 348 g/mol. The van der Waals surface area contributed by atoms with Crippen LogP contribution in [0.4, 0.5) is 5.69 Å². The fourth-order valence-electron chi connectivity index (χ4n) is 2.09. The number of benzene rings is 2. The average molecular weight is 367 g/mol. The summed E-state index contributed by atoms with van der Waals surface area (Å²) in [5.41, 5.74) is 2.44. The first-order chi connectivity index (χ1) is 11.1. The summed E-state index contributed by atoms with van der Waals surface area (Å²) in [5, 5.41) is 3.29. The first-order valence-electron chi connectivity index (χ1n) is 7.23. The highest BCUT2D eigenvalue weighted by Crippen LogP contribution is 2.22. The molecule has 0 aliphatic heterocycles. The minimum absolute atomic E-state index is 0.0742. The molecule has 0 saturated carbocycles. The summed E-state index contributed by atoms with van der Waals surface area (Å²) in [7, 11) is -0.707. The Kier molecular flexibility index (Phi) is 5.32. The van der Waals surface area contributed by atoms with Gasteiger partial charge in [0, 0.05) is 30.4 Å². The second-order valence-electron chi connectivity index (χ2n) is 5.68. The van der Waals surface area contributed by atoms with Gasteiger partial charge in [0.2, 0.25) is 10.0 Å². The van der Waals surface area contributed by atoms with Crippen LogP contribution in [0.3, 0.4) is 0 Å². The second kappa shape index (κ2) is 6.93. The zero-order valence-corrected chi connectivity index (χ0v) is 15.5. The normalized spacial score (nSPS) is 11.6. The highest BCUT2D eigenvalue weighted by atomic mass is 35.5. The van der Waals surface area contributed by atoms with Gasteiger partial charge in [-0.3, -0.25) is 4.79 Å². The number of rotatable bonds is 4. The number of anilines is 1. The van der Waals surface area contributed by atoms with Crippen molar-refractivity contribution in [3.8, 4) is 0 Å². The number of hydrogen-bond donors (Lipinski definition) is 1. The number of nitrogens with zero attached hydrogens (tertiary/aromatic N) is 1. The Morgan fingerprint density at radius 3 is 2.25 bits per heavy atom. The van der Waals surface area contributed by atoms with E-state index >= 15 is 0 Å². The van der Waals surface area contributed by atoms with Crippen LogP contribution in [-0.4, -0.2) is 32.7 Å². The molecule has 0 atom stereocenters. The molecule has 0 radical (unpaired) electrons. The molecule has 2 aromatic rings. The van der Waals surface area contributed by atoms with Crippen LogP contribution in [0.5, 0.6) is 0 Å². The summed E-state index contributed by atoms with van der Waals surface area (Å²) in [6.07, 6.45) is 0. The lowest BCUT2D eigenvalue weighted by Gasteiger charge is -2.14. The summed E-state index contributed by atoms with van der Waals surface area (Å²) in [6, 6.07) is 9.70. The van der Waals surface area contributed by atoms with Crippen LogP contribution in [0.2, 0.25) is 5.02 Å². The Hall–Kier alpha value is -1.89. The second-order valence-corrected chi connectivity index (χ2v) is 8.24. The largest absolute Gasteiger partial charge is 0.322 e. The predicted octanol–water partition coefficient (Wildman–Crippen LogP) is 3.46. The third-order valence-corrected chi connectivity index (χ3v) is 5.88. The Morgan fingerprint density at radius 1 is 1.04 bits per heavy atom. The quantitative estimate of drug-likeness (QED) is 0.901. The molecule has 0 fully saturated rings. The maximum Gasteiger partial charge on any atom is 0.255 e. The first kappa shape index (κ1) is 18.4. The minimum Gasteiger partial charge on any atom is -0.322 e. The van der Waals surface area contributed by atoms with E-state index in [4.69, 9.17) is 11.6 Å². The van der Waals surface area contributed by atoms with Crippen molar-refractivity contribution in [3.05, 3.63) is 58.1 Å². The van der Waals surface area contributed by atoms with Crippen LogP contribution in [0.15, 0.2) is 41.3 Å². The molecule has 2 rings (SSSR count). The van der Waals surface area contributed by atoms with Gasteiger partial charge < -0.3 is 5.32 Å². The fraction of sp³-hybridized carbons (Fsp3) is 0.235. The molecule has 0 bridgehead atoms. The monoisotopic (exact) mass is 366 g/mol. The van der Waals surface area contributed by atoms with E-state index in [-0.39, 0.29) is 10.8 Å². The van der Waals surface area contributed by atoms with Crippen LogP contribution in [0.1, 0.15) is 21.5 Å². The smallest absolute Gasteiger partial charge is 0.255 e. The summed E-state index contributed by atoms with van der Waals surface area (Å²) in [6.45, 7) is 3.62. The summed E-state index contributed by atoms with van der Waals surface area (Å²) >= 11 is 6.06. The Labute approximate surface area is 147 Å². The maximum absolute atomic E-state index is 12.5. The molecule has 0 aliphatic carbocycles. The molecule has 0 aliphatic rings. The molecule has 0 saturated heterocycles. The number of nitrogens with one attached hydrogen (secondary N) is 1. The van der Waals surface area contributed by atoms with Gasteiger partial charge in [-0.15, -0.1) is 0 Å². The minimum atomic E-state index is -3.60. The summed E-state index contributed by atoms with van der Waals surface area (Å²) in [4.78, 5) is 12.6. The molecule has 5 nitrogen and oxygen atoms in total. The van der Waals surface area contributed by atoms with Gasteiger partial charge in [0.25, 0.3) is 5.91 Å². The number of sulfonamides is 1. The van der Waals surface area contributed by atoms with Gasteiger partial charge in [0.05, 0.1) is 4.90 Å². The average Bonchev–Trinajstić information content (AvgIpc) is 2.51. The molecular formula is C17H19ClN2O3S. The molecule has 0 aromatic heterocycles. The van der Waals surface area contributed by atoms with Gasteiger partial charge in [-0.05, 0) is 49.2 Å². The maximum atomic E-state index is 12.5. The molecule has 0 heterocycles. The van der Waals surface area contributed by atoms with E-state index in [1.807, 2.05) is 6.92 Å². The zero-order chi connectivity index (χ0) is 18.1. The SMILES string of the molecule is Cc1ccc(NC(=O)c2cc(S(=O)(=O)N(C)C)ccc2C)cc1Cl. The number of aryl methyl sites for hydroxylation is 2. The lowest BCUT2D eigenvalue weighted by molar-refractivity contribution is 0.102. The molecule has 7 heteroatoms. The Balaban J connectivity index is 2.37. The molecule has 0 unspecified atom stereocenters. The van der Waals surface area contributed by atoms with Gasteiger partial charge in [0.1, 0.15) is 0 Å². The molecule has 1 amide bonds. The van der Waals surface area contributed by atoms with Crippen LogP contribution in [0.25, 0.3) is 0 Å². The highest BCUT2D eigenvalue weighted by molar-refractivity contribution is 7.89. The van der Waals surface area contributed by atoms with Crippen molar-refractivity contribution < 1.29 is 13.2 Å². The van der Waals surface area contributed by atoms with E-state index in [0.717, 1.165) is 9.87 Å². The van der Waals surface area contributed by atoms with Crippen LogP contribution in [0, 0.1) is 13.8 Å². The third kappa shape index (κ3) is 3.77. The van der Waals surface area contributed by atoms with Crippen LogP contribution >= 0.6 is 11.6 Å². The zero-order valence-electron chi connectivity index (χ0n) is 13.9. The van der Waals surface area contributed by atoms with Crippen molar-refractivity contribution in [3.63, 3.8) is 0 Å². The summed E-state index contributed by atoms with van der Waals surface area (Å²) in [5.74, 6) is -0.386. The molecule has 128 valence electrons. The third-order valence-electron chi connectivity index (χ3n) is 3.66. The van der Waals surface area contributed by atoms with Crippen molar-refractivity contribution in [2.24, 2.45) is 0 Å². The predicted molar refractivity (Wildman–Crippen MR) is 96.2 cm³/mol. The van der Waals surface area contributed by atoms with E-state index in [1.165, 1.54) is 26.2 Å². The van der Waals surface area contributed by atoms with Gasteiger partial charge in [-0.1, -0.05) is 23.7 Å². The number of carbonyl (C=O) groups is 1. The van der Waals surface area contributed by atoms with E-state index in [9.17, 15) is 13.2 Å². The van der Waals surface area contributed by atoms with E-state index < -0.39 is 10.0 Å². The number of hydrogen-bond acceptors (Lipinski definition) is 3. The Bertz CT molecular complexity index is 893. The van der Waals surface area contributed by atoms with Crippen molar-refractivity contribution >= 4 is 33.2 Å². The van der Waals surface area contributed by atoms with Crippen molar-refractivity contribution in [2.75, 3.05) is 19.4 Å². The van der Waals surface area contributed by atoms with E-state index in [0.29, 0.717) is 21.8 Å². The lowest BCUT2D eigenvalue weighted by atomic mass is 10.1. The molecule has 24 heavy (non-hydrogen) atoms. The number of carbonyl (C=O) groups excluding carboxylic acids is 1. The standard InChI is InChI=1S/C17H19ClN2O3S/c1-11-6-8-14(24(22,23)20(3)4)10-15(11)17(21)19-13-7-5-12(2)16(18)9-13/h5-10H,1-4H3,(H,19,21). The van der Waals surface area contributed by atoms with Gasteiger partial charge >= 0.3 is 0 Å². The van der Waals surface area contributed by atoms with E-state index in [1.54, 1.807) is 31.2 Å². The lowest BCUT2D eigenvalue weighted by Crippen LogP contribution is -2.23. The summed E-state index contributed by atoms with van der Waals surface area (Å²) < 4.78 is 25.6. The highest BCUT2D eigenvalue weighted by Gasteiger charge is 2.20. The Morgan fingerprint density at radius 2 is 1.67 bits per heavy atom. The number of amides is 1. The van der Waals surface area contributed by atoms with Crippen LogP contribution in [-0.2, 0) is 10.0 Å². The molecule has 0 spiro atoms. The van der Waals surface area contributed by atoms with Gasteiger partial charge in [-0.25, -0.2) is 12.7 Å². The fourth-order valence-corrected chi connectivity index (χ4v) is 3.20. The first-order valence-corrected chi connectivity index (χ1v) is 9.05.